The van der Waals surface area contributed by atoms with Gasteiger partial charge in [-0.25, -0.2) is 0 Å². The third-order valence-electron chi connectivity index (χ3n) is 4.15. The standard InChI is InChI=1S/C22H21NO/c1-17-10-8-9-15-20(17)22(19-13-6-3-7-14-19)23-21(24)16-18-11-4-2-5-12-18/h2-15,22H,16H2,1H3,(H,23,24)/t22-/m0/s1. The van der Waals surface area contributed by atoms with E-state index in [2.05, 4.69) is 36.5 Å². The normalized spacial score (nSPS) is 11.7. The van der Waals surface area contributed by atoms with Crippen LogP contribution in [-0.4, -0.2) is 5.91 Å². The summed E-state index contributed by atoms with van der Waals surface area (Å²) >= 11 is 0. The van der Waals surface area contributed by atoms with Crippen molar-refractivity contribution in [1.29, 1.82) is 0 Å². The summed E-state index contributed by atoms with van der Waals surface area (Å²) in [5.74, 6) is 0.0262. The van der Waals surface area contributed by atoms with Crippen molar-refractivity contribution >= 4 is 5.91 Å². The molecule has 24 heavy (non-hydrogen) atoms. The third kappa shape index (κ3) is 3.90. The van der Waals surface area contributed by atoms with Crippen LogP contribution in [-0.2, 0) is 11.2 Å². The Bertz CT molecular complexity index is 796. The smallest absolute Gasteiger partial charge is 0.225 e. The molecule has 3 aromatic rings. The van der Waals surface area contributed by atoms with E-state index in [-0.39, 0.29) is 11.9 Å². The Morgan fingerprint density at radius 2 is 1.42 bits per heavy atom. The van der Waals surface area contributed by atoms with Gasteiger partial charge in [0.05, 0.1) is 12.5 Å². The molecule has 0 unspecified atom stereocenters. The molecule has 0 radical (unpaired) electrons. The fourth-order valence-electron chi connectivity index (χ4n) is 2.89. The van der Waals surface area contributed by atoms with Gasteiger partial charge in [-0.05, 0) is 29.2 Å². The summed E-state index contributed by atoms with van der Waals surface area (Å²) in [6.45, 7) is 2.08. The van der Waals surface area contributed by atoms with Crippen LogP contribution in [0.2, 0.25) is 0 Å². The molecule has 0 saturated heterocycles. The van der Waals surface area contributed by atoms with Crippen molar-refractivity contribution in [1.82, 2.24) is 5.32 Å². The molecule has 120 valence electrons. The Morgan fingerprint density at radius 3 is 2.08 bits per heavy atom. The van der Waals surface area contributed by atoms with Gasteiger partial charge < -0.3 is 5.32 Å². The molecule has 1 amide bonds. The van der Waals surface area contributed by atoms with Gasteiger partial charge in [0.2, 0.25) is 5.91 Å². The molecule has 1 N–H and O–H groups in total. The minimum absolute atomic E-state index is 0.0262. The number of hydrogen-bond acceptors (Lipinski definition) is 1. The lowest BCUT2D eigenvalue weighted by Gasteiger charge is -2.21. The van der Waals surface area contributed by atoms with Crippen molar-refractivity contribution in [3.63, 3.8) is 0 Å². The van der Waals surface area contributed by atoms with Crippen LogP contribution >= 0.6 is 0 Å². The Kier molecular flexibility index (Phi) is 5.07. The Labute approximate surface area is 143 Å². The molecule has 1 atom stereocenters. The summed E-state index contributed by atoms with van der Waals surface area (Å²) in [5.41, 5.74) is 4.41. The molecule has 0 aliphatic heterocycles. The Morgan fingerprint density at radius 1 is 0.833 bits per heavy atom. The van der Waals surface area contributed by atoms with E-state index in [9.17, 15) is 4.79 Å². The van der Waals surface area contributed by atoms with Gasteiger partial charge in [-0.1, -0.05) is 84.9 Å². The van der Waals surface area contributed by atoms with Crippen molar-refractivity contribution in [2.75, 3.05) is 0 Å². The number of rotatable bonds is 5. The van der Waals surface area contributed by atoms with Gasteiger partial charge in [0.25, 0.3) is 0 Å². The van der Waals surface area contributed by atoms with Gasteiger partial charge in [-0.2, -0.15) is 0 Å². The second-order valence-electron chi connectivity index (χ2n) is 5.93. The zero-order valence-electron chi connectivity index (χ0n) is 13.8. The van der Waals surface area contributed by atoms with E-state index >= 15 is 0 Å². The summed E-state index contributed by atoms with van der Waals surface area (Å²) < 4.78 is 0. The average Bonchev–Trinajstić information content (AvgIpc) is 2.62. The minimum Gasteiger partial charge on any atom is -0.345 e. The Balaban J connectivity index is 1.86. The van der Waals surface area contributed by atoms with Gasteiger partial charge in [0, 0.05) is 0 Å². The summed E-state index contributed by atoms with van der Waals surface area (Å²) in [4.78, 5) is 12.6. The lowest BCUT2D eigenvalue weighted by molar-refractivity contribution is -0.120. The molecule has 0 saturated carbocycles. The molecule has 3 rings (SSSR count). The molecule has 3 aromatic carbocycles. The van der Waals surface area contributed by atoms with Gasteiger partial charge >= 0.3 is 0 Å². The summed E-state index contributed by atoms with van der Waals surface area (Å²) in [5, 5.41) is 3.20. The first kappa shape index (κ1) is 16.0. The largest absolute Gasteiger partial charge is 0.345 e. The van der Waals surface area contributed by atoms with E-state index in [1.807, 2.05) is 60.7 Å². The van der Waals surface area contributed by atoms with Crippen LogP contribution < -0.4 is 5.32 Å². The van der Waals surface area contributed by atoms with E-state index in [4.69, 9.17) is 0 Å². The maximum atomic E-state index is 12.6. The fraction of sp³-hybridized carbons (Fsp3) is 0.136. The summed E-state index contributed by atoms with van der Waals surface area (Å²) in [6.07, 6.45) is 0.385. The van der Waals surface area contributed by atoms with E-state index in [0.717, 1.165) is 16.7 Å². The van der Waals surface area contributed by atoms with E-state index in [1.54, 1.807) is 0 Å². The van der Waals surface area contributed by atoms with E-state index < -0.39 is 0 Å². The molecular weight excluding hydrogens is 294 g/mol. The van der Waals surface area contributed by atoms with Crippen LogP contribution in [0.1, 0.15) is 28.3 Å². The number of carbonyl (C=O) groups excluding carboxylic acids is 1. The molecule has 0 aliphatic rings. The molecule has 0 fully saturated rings. The lowest BCUT2D eigenvalue weighted by Crippen LogP contribution is -2.31. The van der Waals surface area contributed by atoms with Crippen LogP contribution in [0.25, 0.3) is 0 Å². The number of amides is 1. The monoisotopic (exact) mass is 315 g/mol. The minimum atomic E-state index is -0.136. The lowest BCUT2D eigenvalue weighted by atomic mass is 9.94. The SMILES string of the molecule is Cc1ccccc1[C@@H](NC(=O)Cc1ccccc1)c1ccccc1. The molecule has 0 spiro atoms. The number of hydrogen-bond donors (Lipinski definition) is 1. The summed E-state index contributed by atoms with van der Waals surface area (Å²) in [6, 6.07) is 28.0. The highest BCUT2D eigenvalue weighted by molar-refractivity contribution is 5.79. The van der Waals surface area contributed by atoms with Crippen LogP contribution in [0, 0.1) is 6.92 Å². The zero-order chi connectivity index (χ0) is 16.8. The van der Waals surface area contributed by atoms with Crippen molar-refractivity contribution in [3.8, 4) is 0 Å². The zero-order valence-corrected chi connectivity index (χ0v) is 13.8. The molecule has 0 bridgehead atoms. The fourth-order valence-corrected chi connectivity index (χ4v) is 2.89. The Hall–Kier alpha value is -2.87. The van der Waals surface area contributed by atoms with Crippen LogP contribution in [0.4, 0.5) is 0 Å². The van der Waals surface area contributed by atoms with E-state index in [1.165, 1.54) is 5.56 Å². The first-order chi connectivity index (χ1) is 11.7. The highest BCUT2D eigenvalue weighted by Gasteiger charge is 2.18. The number of aryl methyl sites for hydroxylation is 1. The van der Waals surface area contributed by atoms with Gasteiger partial charge in [0.1, 0.15) is 0 Å². The van der Waals surface area contributed by atoms with Crippen molar-refractivity contribution < 1.29 is 4.79 Å². The highest BCUT2D eigenvalue weighted by atomic mass is 16.1. The van der Waals surface area contributed by atoms with Gasteiger partial charge in [-0.3, -0.25) is 4.79 Å². The highest BCUT2D eigenvalue weighted by Crippen LogP contribution is 2.24. The molecule has 2 nitrogen and oxygen atoms in total. The van der Waals surface area contributed by atoms with Gasteiger partial charge in [-0.15, -0.1) is 0 Å². The predicted molar refractivity (Wildman–Crippen MR) is 97.8 cm³/mol. The maximum absolute atomic E-state index is 12.6. The molecule has 0 heterocycles. The quantitative estimate of drug-likeness (QED) is 0.741. The van der Waals surface area contributed by atoms with Crippen molar-refractivity contribution in [3.05, 3.63) is 107 Å². The number of carbonyl (C=O) groups is 1. The second-order valence-corrected chi connectivity index (χ2v) is 5.93. The molecular formula is C22H21NO. The van der Waals surface area contributed by atoms with Crippen LogP contribution in [0.3, 0.4) is 0 Å². The number of nitrogens with one attached hydrogen (secondary N) is 1. The van der Waals surface area contributed by atoms with Crippen molar-refractivity contribution in [2.24, 2.45) is 0 Å². The van der Waals surface area contributed by atoms with Crippen LogP contribution in [0.15, 0.2) is 84.9 Å². The van der Waals surface area contributed by atoms with Crippen molar-refractivity contribution in [2.45, 2.75) is 19.4 Å². The first-order valence-electron chi connectivity index (χ1n) is 8.18. The number of benzene rings is 3. The summed E-state index contributed by atoms with van der Waals surface area (Å²) in [7, 11) is 0. The molecule has 0 aromatic heterocycles. The first-order valence-corrected chi connectivity index (χ1v) is 8.18. The topological polar surface area (TPSA) is 29.1 Å². The van der Waals surface area contributed by atoms with E-state index in [0.29, 0.717) is 6.42 Å². The second kappa shape index (κ2) is 7.60. The predicted octanol–water partition coefficient (Wildman–Crippen LogP) is 4.44. The average molecular weight is 315 g/mol. The molecule has 2 heteroatoms. The third-order valence-corrected chi connectivity index (χ3v) is 4.15. The maximum Gasteiger partial charge on any atom is 0.225 e. The van der Waals surface area contributed by atoms with Gasteiger partial charge in [0.15, 0.2) is 0 Å². The molecule has 0 aliphatic carbocycles. The van der Waals surface area contributed by atoms with Crippen LogP contribution in [0.5, 0.6) is 0 Å².